The first-order valence-electron chi connectivity index (χ1n) is 10.00. The van der Waals surface area contributed by atoms with E-state index < -0.39 is 10.0 Å². The number of anilines is 1. The van der Waals surface area contributed by atoms with Crippen molar-refractivity contribution in [3.63, 3.8) is 0 Å². The third kappa shape index (κ3) is 6.29. The maximum atomic E-state index is 12.5. The SMILES string of the molecule is CCN(CC)S(=O)(=O)c1ccc(CCC(=O)Nc2ccc(Cl)c(C(=O)N(C)C)c2)cc1. The average Bonchev–Trinajstić information content (AvgIpc) is 2.74. The number of amides is 2. The zero-order chi connectivity index (χ0) is 23.2. The number of hydrogen-bond acceptors (Lipinski definition) is 4. The third-order valence-electron chi connectivity index (χ3n) is 4.79. The molecule has 2 amide bonds. The van der Waals surface area contributed by atoms with E-state index in [-0.39, 0.29) is 23.1 Å². The monoisotopic (exact) mass is 465 g/mol. The minimum Gasteiger partial charge on any atom is -0.345 e. The smallest absolute Gasteiger partial charge is 0.254 e. The first kappa shape index (κ1) is 24.8. The van der Waals surface area contributed by atoms with E-state index in [0.717, 1.165) is 5.56 Å². The molecule has 2 aromatic carbocycles. The van der Waals surface area contributed by atoms with Crippen LogP contribution in [0.1, 0.15) is 36.2 Å². The van der Waals surface area contributed by atoms with Gasteiger partial charge in [0.2, 0.25) is 15.9 Å². The van der Waals surface area contributed by atoms with E-state index in [4.69, 9.17) is 11.6 Å². The number of carbonyl (C=O) groups is 2. The molecule has 0 aliphatic rings. The van der Waals surface area contributed by atoms with Gasteiger partial charge in [0, 0.05) is 39.3 Å². The van der Waals surface area contributed by atoms with E-state index in [1.165, 1.54) is 9.21 Å². The predicted octanol–water partition coefficient (Wildman–Crippen LogP) is 3.64. The fourth-order valence-corrected chi connectivity index (χ4v) is 4.69. The van der Waals surface area contributed by atoms with Crippen molar-refractivity contribution >= 4 is 39.1 Å². The molecule has 0 heterocycles. The molecule has 0 unspecified atom stereocenters. The maximum Gasteiger partial charge on any atom is 0.254 e. The van der Waals surface area contributed by atoms with E-state index in [0.29, 0.717) is 35.8 Å². The number of nitrogens with one attached hydrogen (secondary N) is 1. The normalized spacial score (nSPS) is 11.4. The van der Waals surface area contributed by atoms with Gasteiger partial charge in [-0.25, -0.2) is 8.42 Å². The quantitative estimate of drug-likeness (QED) is 0.612. The fourth-order valence-electron chi connectivity index (χ4n) is 3.03. The van der Waals surface area contributed by atoms with Crippen molar-refractivity contribution in [1.82, 2.24) is 9.21 Å². The molecular formula is C22H28ClN3O4S. The summed E-state index contributed by atoms with van der Waals surface area (Å²) in [5.41, 5.74) is 1.66. The maximum absolute atomic E-state index is 12.5. The van der Waals surface area contributed by atoms with Crippen LogP contribution in [0.4, 0.5) is 5.69 Å². The van der Waals surface area contributed by atoms with Crippen LogP contribution in [0.2, 0.25) is 5.02 Å². The van der Waals surface area contributed by atoms with E-state index >= 15 is 0 Å². The molecule has 0 aliphatic carbocycles. The van der Waals surface area contributed by atoms with E-state index in [2.05, 4.69) is 5.32 Å². The van der Waals surface area contributed by atoms with E-state index in [1.54, 1.807) is 70.4 Å². The molecule has 7 nitrogen and oxygen atoms in total. The van der Waals surface area contributed by atoms with Crippen LogP contribution in [0.25, 0.3) is 0 Å². The largest absolute Gasteiger partial charge is 0.345 e. The lowest BCUT2D eigenvalue weighted by molar-refractivity contribution is -0.116. The van der Waals surface area contributed by atoms with Crippen molar-refractivity contribution in [1.29, 1.82) is 0 Å². The Morgan fingerprint density at radius 2 is 1.61 bits per heavy atom. The third-order valence-corrected chi connectivity index (χ3v) is 7.19. The van der Waals surface area contributed by atoms with Gasteiger partial charge in [0.15, 0.2) is 0 Å². The van der Waals surface area contributed by atoms with Crippen LogP contribution in [-0.4, -0.2) is 56.6 Å². The molecule has 0 radical (unpaired) electrons. The topological polar surface area (TPSA) is 86.8 Å². The second-order valence-electron chi connectivity index (χ2n) is 7.18. The number of rotatable bonds is 9. The molecule has 0 aromatic heterocycles. The van der Waals surface area contributed by atoms with Crippen LogP contribution in [0.3, 0.4) is 0 Å². The van der Waals surface area contributed by atoms with Gasteiger partial charge >= 0.3 is 0 Å². The second kappa shape index (κ2) is 10.7. The lowest BCUT2D eigenvalue weighted by Gasteiger charge is -2.18. The second-order valence-corrected chi connectivity index (χ2v) is 9.52. The van der Waals surface area contributed by atoms with Gasteiger partial charge in [0.05, 0.1) is 15.5 Å². The molecule has 2 aromatic rings. The number of halogens is 1. The van der Waals surface area contributed by atoms with Crippen LogP contribution >= 0.6 is 11.6 Å². The molecule has 0 bridgehead atoms. The van der Waals surface area contributed by atoms with Crippen molar-refractivity contribution in [2.75, 3.05) is 32.5 Å². The number of carbonyl (C=O) groups excluding carboxylic acids is 2. The highest BCUT2D eigenvalue weighted by Crippen LogP contribution is 2.22. The van der Waals surface area contributed by atoms with Crippen LogP contribution < -0.4 is 5.32 Å². The van der Waals surface area contributed by atoms with Crippen LogP contribution in [0.5, 0.6) is 0 Å². The first-order chi connectivity index (χ1) is 14.6. The molecule has 31 heavy (non-hydrogen) atoms. The summed E-state index contributed by atoms with van der Waals surface area (Å²) in [6.45, 7) is 4.42. The van der Waals surface area contributed by atoms with Crippen LogP contribution in [0.15, 0.2) is 47.4 Å². The first-order valence-corrected chi connectivity index (χ1v) is 11.8. The fraction of sp³-hybridized carbons (Fsp3) is 0.364. The highest BCUT2D eigenvalue weighted by molar-refractivity contribution is 7.89. The Bertz CT molecular complexity index is 1030. The number of benzene rings is 2. The summed E-state index contributed by atoms with van der Waals surface area (Å²) in [6.07, 6.45) is 0.663. The number of sulfonamides is 1. The summed E-state index contributed by atoms with van der Waals surface area (Å²) in [6, 6.07) is 11.3. The minimum absolute atomic E-state index is 0.210. The molecule has 0 aliphatic heterocycles. The molecule has 2 rings (SSSR count). The number of nitrogens with zero attached hydrogens (tertiary/aromatic N) is 2. The van der Waals surface area contributed by atoms with Gasteiger partial charge < -0.3 is 10.2 Å². The van der Waals surface area contributed by atoms with Gasteiger partial charge in [0.1, 0.15) is 0 Å². The van der Waals surface area contributed by atoms with Gasteiger partial charge in [-0.3, -0.25) is 9.59 Å². The summed E-state index contributed by atoms with van der Waals surface area (Å²) in [5, 5.41) is 3.08. The number of hydrogen-bond donors (Lipinski definition) is 1. The minimum atomic E-state index is -3.50. The zero-order valence-electron chi connectivity index (χ0n) is 18.2. The van der Waals surface area contributed by atoms with E-state index in [9.17, 15) is 18.0 Å². The van der Waals surface area contributed by atoms with Crippen molar-refractivity contribution in [3.8, 4) is 0 Å². The van der Waals surface area contributed by atoms with Gasteiger partial charge in [-0.2, -0.15) is 4.31 Å². The Morgan fingerprint density at radius 1 is 1.00 bits per heavy atom. The van der Waals surface area contributed by atoms with Crippen molar-refractivity contribution < 1.29 is 18.0 Å². The summed E-state index contributed by atoms with van der Waals surface area (Å²) in [5.74, 6) is -0.466. The molecule has 1 N–H and O–H groups in total. The molecule has 0 saturated heterocycles. The number of aryl methyl sites for hydroxylation is 1. The summed E-state index contributed by atoms with van der Waals surface area (Å²) >= 11 is 6.09. The molecule has 168 valence electrons. The molecule has 9 heteroatoms. The standard InChI is InChI=1S/C22H28ClN3O4S/c1-5-26(6-2)31(29,30)18-11-7-16(8-12-18)9-14-21(27)24-17-10-13-20(23)19(15-17)22(28)25(3)4/h7-8,10-13,15H,5-6,9,14H2,1-4H3,(H,24,27). The van der Waals surface area contributed by atoms with Gasteiger partial charge in [-0.05, 0) is 42.3 Å². The van der Waals surface area contributed by atoms with Crippen LogP contribution in [0, 0.1) is 0 Å². The average molecular weight is 466 g/mol. The van der Waals surface area contributed by atoms with Gasteiger partial charge in [-0.15, -0.1) is 0 Å². The van der Waals surface area contributed by atoms with Crippen molar-refractivity contribution in [2.24, 2.45) is 0 Å². The molecular weight excluding hydrogens is 438 g/mol. The van der Waals surface area contributed by atoms with Crippen molar-refractivity contribution in [3.05, 3.63) is 58.6 Å². The Labute approximate surface area is 189 Å². The molecule has 0 spiro atoms. The van der Waals surface area contributed by atoms with E-state index in [1.807, 2.05) is 0 Å². The predicted molar refractivity (Wildman–Crippen MR) is 123 cm³/mol. The van der Waals surface area contributed by atoms with Gasteiger partial charge in [-0.1, -0.05) is 37.6 Å². The lowest BCUT2D eigenvalue weighted by atomic mass is 10.1. The highest BCUT2D eigenvalue weighted by Gasteiger charge is 2.21. The Hall–Kier alpha value is -2.42. The van der Waals surface area contributed by atoms with Gasteiger partial charge in [0.25, 0.3) is 5.91 Å². The zero-order valence-corrected chi connectivity index (χ0v) is 19.8. The molecule has 0 fully saturated rings. The molecule has 0 atom stereocenters. The Balaban J connectivity index is 2.01. The molecule has 0 saturated carbocycles. The van der Waals surface area contributed by atoms with Crippen LogP contribution in [-0.2, 0) is 21.2 Å². The Morgan fingerprint density at radius 3 is 2.16 bits per heavy atom. The summed E-state index contributed by atoms with van der Waals surface area (Å²) in [4.78, 5) is 26.2. The summed E-state index contributed by atoms with van der Waals surface area (Å²) in [7, 11) is -0.244. The van der Waals surface area contributed by atoms with Crippen molar-refractivity contribution in [2.45, 2.75) is 31.6 Å². The lowest BCUT2D eigenvalue weighted by Crippen LogP contribution is -2.30. The Kier molecular flexibility index (Phi) is 8.61. The summed E-state index contributed by atoms with van der Waals surface area (Å²) < 4.78 is 26.5. The highest BCUT2D eigenvalue weighted by atomic mass is 35.5.